The maximum absolute atomic E-state index is 13.1. The summed E-state index contributed by atoms with van der Waals surface area (Å²) in [5.74, 6) is -0.211. The average Bonchev–Trinajstić information content (AvgIpc) is 2.59. The maximum Gasteiger partial charge on any atom is 0.123 e. The number of aryl methyl sites for hydroxylation is 1. The van der Waals surface area contributed by atoms with E-state index in [9.17, 15) is 9.50 Å². The number of hydrogen-bond donors (Lipinski definition) is 1. The number of hydrogen-bond acceptors (Lipinski definition) is 1. The summed E-state index contributed by atoms with van der Waals surface area (Å²) in [7, 11) is 0. The second-order valence-electron chi connectivity index (χ2n) is 4.68. The van der Waals surface area contributed by atoms with E-state index in [0.717, 1.165) is 36.8 Å². The topological polar surface area (TPSA) is 20.2 Å². The quantitative estimate of drug-likeness (QED) is 0.792. The molecular weight excluding hydrogens is 191 g/mol. The lowest BCUT2D eigenvalue weighted by atomic mass is 9.91. The molecule has 15 heavy (non-hydrogen) atoms. The van der Waals surface area contributed by atoms with Crippen molar-refractivity contribution in [2.75, 3.05) is 0 Å². The minimum atomic E-state index is -0.585. The standard InChI is InChI=1S/C13H17FO/c1-10-4-5-12(14)8-11(10)9-13(15)6-2-3-7-13/h4-5,8,15H,2-3,6-7,9H2,1H3. The Morgan fingerprint density at radius 2 is 2.00 bits per heavy atom. The van der Waals surface area contributed by atoms with E-state index in [4.69, 9.17) is 0 Å². The molecule has 2 heteroatoms. The first-order chi connectivity index (χ1) is 7.09. The minimum absolute atomic E-state index is 0.211. The van der Waals surface area contributed by atoms with Crippen LogP contribution in [0.1, 0.15) is 36.8 Å². The van der Waals surface area contributed by atoms with Gasteiger partial charge in [0.1, 0.15) is 5.82 Å². The highest BCUT2D eigenvalue weighted by Gasteiger charge is 2.31. The lowest BCUT2D eigenvalue weighted by molar-refractivity contribution is 0.0480. The van der Waals surface area contributed by atoms with Crippen molar-refractivity contribution in [3.05, 3.63) is 35.1 Å². The van der Waals surface area contributed by atoms with Crippen LogP contribution in [0.25, 0.3) is 0 Å². The van der Waals surface area contributed by atoms with Crippen LogP contribution < -0.4 is 0 Å². The number of rotatable bonds is 2. The first kappa shape index (κ1) is 10.6. The molecule has 82 valence electrons. The van der Waals surface area contributed by atoms with E-state index in [1.807, 2.05) is 6.92 Å². The smallest absolute Gasteiger partial charge is 0.123 e. The lowest BCUT2D eigenvalue weighted by Crippen LogP contribution is -2.27. The summed E-state index contributed by atoms with van der Waals surface area (Å²) >= 11 is 0. The molecule has 0 unspecified atom stereocenters. The SMILES string of the molecule is Cc1ccc(F)cc1CC1(O)CCCC1. The number of benzene rings is 1. The van der Waals surface area contributed by atoms with Crippen molar-refractivity contribution < 1.29 is 9.50 Å². The van der Waals surface area contributed by atoms with E-state index < -0.39 is 5.60 Å². The van der Waals surface area contributed by atoms with E-state index >= 15 is 0 Å². The van der Waals surface area contributed by atoms with Crippen molar-refractivity contribution in [2.24, 2.45) is 0 Å². The largest absolute Gasteiger partial charge is 0.390 e. The minimum Gasteiger partial charge on any atom is -0.390 e. The van der Waals surface area contributed by atoms with Crippen molar-refractivity contribution in [3.63, 3.8) is 0 Å². The van der Waals surface area contributed by atoms with E-state index in [2.05, 4.69) is 0 Å². The third kappa shape index (κ3) is 2.37. The number of halogens is 1. The molecule has 0 spiro atoms. The second kappa shape index (κ2) is 3.93. The summed E-state index contributed by atoms with van der Waals surface area (Å²) in [6.07, 6.45) is 4.47. The van der Waals surface area contributed by atoms with Crippen LogP contribution in [0, 0.1) is 12.7 Å². The van der Waals surface area contributed by atoms with Crippen LogP contribution in [0.4, 0.5) is 4.39 Å². The molecule has 2 rings (SSSR count). The highest BCUT2D eigenvalue weighted by atomic mass is 19.1. The molecule has 1 aliphatic carbocycles. The fourth-order valence-electron chi connectivity index (χ4n) is 2.39. The van der Waals surface area contributed by atoms with Crippen molar-refractivity contribution in [1.82, 2.24) is 0 Å². The van der Waals surface area contributed by atoms with E-state index in [0.29, 0.717) is 6.42 Å². The fourth-order valence-corrected chi connectivity index (χ4v) is 2.39. The molecule has 1 N–H and O–H groups in total. The molecule has 0 bridgehead atoms. The number of aliphatic hydroxyl groups is 1. The Labute approximate surface area is 89.9 Å². The van der Waals surface area contributed by atoms with Crippen LogP contribution in [0.5, 0.6) is 0 Å². The molecule has 0 amide bonds. The van der Waals surface area contributed by atoms with Gasteiger partial charge in [-0.25, -0.2) is 4.39 Å². The first-order valence-corrected chi connectivity index (χ1v) is 5.56. The Balaban J connectivity index is 2.19. The molecule has 1 aliphatic rings. The highest BCUT2D eigenvalue weighted by molar-refractivity contribution is 5.28. The van der Waals surface area contributed by atoms with Gasteiger partial charge in [-0.1, -0.05) is 18.9 Å². The van der Waals surface area contributed by atoms with Gasteiger partial charge >= 0.3 is 0 Å². The van der Waals surface area contributed by atoms with Crippen LogP contribution in [0.2, 0.25) is 0 Å². The molecule has 0 atom stereocenters. The lowest BCUT2D eigenvalue weighted by Gasteiger charge is -2.23. The van der Waals surface area contributed by atoms with E-state index in [1.165, 1.54) is 6.07 Å². The Kier molecular flexibility index (Phi) is 2.79. The second-order valence-corrected chi connectivity index (χ2v) is 4.68. The summed E-state index contributed by atoms with van der Waals surface area (Å²) in [4.78, 5) is 0. The summed E-state index contributed by atoms with van der Waals surface area (Å²) in [6, 6.07) is 4.80. The van der Waals surface area contributed by atoms with Crippen LogP contribution in [0.15, 0.2) is 18.2 Å². The van der Waals surface area contributed by atoms with Gasteiger partial charge in [-0.15, -0.1) is 0 Å². The van der Waals surface area contributed by atoms with Crippen LogP contribution in [-0.2, 0) is 6.42 Å². The summed E-state index contributed by atoms with van der Waals surface area (Å²) in [5, 5.41) is 10.2. The molecule has 1 fully saturated rings. The molecular formula is C13H17FO. The Morgan fingerprint density at radius 3 is 2.67 bits per heavy atom. The van der Waals surface area contributed by atoms with Gasteiger partial charge in [0.05, 0.1) is 5.60 Å². The maximum atomic E-state index is 13.1. The zero-order valence-corrected chi connectivity index (χ0v) is 9.09. The van der Waals surface area contributed by atoms with Gasteiger partial charge in [0.25, 0.3) is 0 Å². The van der Waals surface area contributed by atoms with Gasteiger partial charge in [0, 0.05) is 6.42 Å². The third-order valence-electron chi connectivity index (χ3n) is 3.36. The van der Waals surface area contributed by atoms with Crippen LogP contribution in [0.3, 0.4) is 0 Å². The van der Waals surface area contributed by atoms with Gasteiger partial charge < -0.3 is 5.11 Å². The fraction of sp³-hybridized carbons (Fsp3) is 0.538. The normalized spacial score (nSPS) is 19.4. The summed E-state index contributed by atoms with van der Waals surface area (Å²) < 4.78 is 13.1. The highest BCUT2D eigenvalue weighted by Crippen LogP contribution is 2.33. The molecule has 0 aliphatic heterocycles. The molecule has 1 saturated carbocycles. The molecule has 0 heterocycles. The van der Waals surface area contributed by atoms with Gasteiger partial charge in [-0.05, 0) is 43.0 Å². The van der Waals surface area contributed by atoms with Gasteiger partial charge in [0.2, 0.25) is 0 Å². The third-order valence-corrected chi connectivity index (χ3v) is 3.36. The van der Waals surface area contributed by atoms with Crippen molar-refractivity contribution >= 4 is 0 Å². The molecule has 0 radical (unpaired) electrons. The Hall–Kier alpha value is -0.890. The molecule has 1 aromatic carbocycles. The van der Waals surface area contributed by atoms with Gasteiger partial charge in [-0.3, -0.25) is 0 Å². The van der Waals surface area contributed by atoms with Crippen LogP contribution >= 0.6 is 0 Å². The zero-order chi connectivity index (χ0) is 10.9. The summed E-state index contributed by atoms with van der Waals surface area (Å²) in [6.45, 7) is 1.97. The summed E-state index contributed by atoms with van der Waals surface area (Å²) in [5.41, 5.74) is 1.43. The van der Waals surface area contributed by atoms with Gasteiger partial charge in [-0.2, -0.15) is 0 Å². The average molecular weight is 208 g/mol. The molecule has 0 aromatic heterocycles. The van der Waals surface area contributed by atoms with Gasteiger partial charge in [0.15, 0.2) is 0 Å². The predicted octanol–water partition coefficient (Wildman–Crippen LogP) is 2.98. The Bertz CT molecular complexity index is 354. The molecule has 1 aromatic rings. The van der Waals surface area contributed by atoms with Crippen molar-refractivity contribution in [3.8, 4) is 0 Å². The monoisotopic (exact) mass is 208 g/mol. The predicted molar refractivity (Wildman–Crippen MR) is 58.3 cm³/mol. The zero-order valence-electron chi connectivity index (χ0n) is 9.09. The van der Waals surface area contributed by atoms with Crippen LogP contribution in [-0.4, -0.2) is 10.7 Å². The molecule has 0 saturated heterocycles. The first-order valence-electron chi connectivity index (χ1n) is 5.56. The van der Waals surface area contributed by atoms with E-state index in [1.54, 1.807) is 12.1 Å². The van der Waals surface area contributed by atoms with E-state index in [-0.39, 0.29) is 5.82 Å². The molecule has 1 nitrogen and oxygen atoms in total. The Morgan fingerprint density at radius 1 is 1.33 bits per heavy atom. The van der Waals surface area contributed by atoms with Crippen molar-refractivity contribution in [2.45, 2.75) is 44.6 Å². The van der Waals surface area contributed by atoms with Crippen molar-refractivity contribution in [1.29, 1.82) is 0 Å².